The van der Waals surface area contributed by atoms with Crippen LogP contribution in [0.2, 0.25) is 0 Å². The van der Waals surface area contributed by atoms with Crippen LogP contribution in [0.15, 0.2) is 18.2 Å². The number of fused-ring (bicyclic) bond motifs is 1. The third kappa shape index (κ3) is 2.93. The van der Waals surface area contributed by atoms with Crippen molar-refractivity contribution < 1.29 is 9.47 Å². The molecule has 1 saturated heterocycles. The topological polar surface area (TPSA) is 30.5 Å². The summed E-state index contributed by atoms with van der Waals surface area (Å²) in [4.78, 5) is 0. The highest BCUT2D eigenvalue weighted by Gasteiger charge is 2.31. The average molecular weight is 261 g/mol. The van der Waals surface area contributed by atoms with Gasteiger partial charge in [0.15, 0.2) is 0 Å². The Bertz CT molecular complexity index is 450. The maximum atomic E-state index is 6.08. The van der Waals surface area contributed by atoms with Gasteiger partial charge in [0.05, 0.1) is 6.10 Å². The van der Waals surface area contributed by atoms with E-state index in [1.807, 2.05) is 0 Å². The van der Waals surface area contributed by atoms with Crippen molar-refractivity contribution in [2.45, 2.75) is 51.4 Å². The molecule has 0 aliphatic carbocycles. The first kappa shape index (κ1) is 12.9. The summed E-state index contributed by atoms with van der Waals surface area (Å²) in [6, 6.07) is 6.46. The van der Waals surface area contributed by atoms with Crippen LogP contribution in [0.4, 0.5) is 0 Å². The second-order valence-electron chi connectivity index (χ2n) is 6.21. The molecule has 3 heteroatoms. The fourth-order valence-electron chi connectivity index (χ4n) is 2.99. The monoisotopic (exact) mass is 261 g/mol. The van der Waals surface area contributed by atoms with Crippen LogP contribution in [0, 0.1) is 0 Å². The molecular weight excluding hydrogens is 238 g/mol. The largest absolute Gasteiger partial charge is 0.487 e. The normalized spacial score (nSPS) is 24.2. The van der Waals surface area contributed by atoms with Gasteiger partial charge in [-0.3, -0.25) is 0 Å². The Morgan fingerprint density at radius 2 is 2.26 bits per heavy atom. The number of rotatable bonds is 4. The van der Waals surface area contributed by atoms with Gasteiger partial charge in [-0.1, -0.05) is 18.2 Å². The van der Waals surface area contributed by atoms with Gasteiger partial charge >= 0.3 is 0 Å². The smallest absolute Gasteiger partial charge is 0.127 e. The van der Waals surface area contributed by atoms with Gasteiger partial charge in [0, 0.05) is 31.7 Å². The maximum Gasteiger partial charge on any atom is 0.127 e. The van der Waals surface area contributed by atoms with Crippen molar-refractivity contribution in [3.05, 3.63) is 29.3 Å². The zero-order valence-corrected chi connectivity index (χ0v) is 11.9. The second-order valence-corrected chi connectivity index (χ2v) is 6.21. The van der Waals surface area contributed by atoms with E-state index in [4.69, 9.17) is 9.47 Å². The minimum Gasteiger partial charge on any atom is -0.487 e. The van der Waals surface area contributed by atoms with E-state index in [0.717, 1.165) is 31.9 Å². The summed E-state index contributed by atoms with van der Waals surface area (Å²) in [5.74, 6) is 1.09. The highest BCUT2D eigenvalue weighted by molar-refractivity contribution is 5.45. The first-order valence-corrected chi connectivity index (χ1v) is 7.26. The summed E-state index contributed by atoms with van der Waals surface area (Å²) in [5, 5.41) is 3.50. The van der Waals surface area contributed by atoms with Crippen molar-refractivity contribution in [3.8, 4) is 5.75 Å². The maximum absolute atomic E-state index is 6.08. The minimum atomic E-state index is -0.0625. The third-order valence-corrected chi connectivity index (χ3v) is 3.88. The molecule has 1 N–H and O–H groups in total. The summed E-state index contributed by atoms with van der Waals surface area (Å²) in [6.45, 7) is 7.02. The van der Waals surface area contributed by atoms with E-state index in [-0.39, 0.29) is 5.60 Å². The first-order chi connectivity index (χ1) is 9.14. The molecule has 1 aromatic carbocycles. The number of nitrogens with one attached hydrogen (secondary N) is 1. The molecule has 104 valence electrons. The predicted octanol–water partition coefficient (Wildman–Crippen LogP) is 2.67. The van der Waals surface area contributed by atoms with Crippen LogP contribution in [0.3, 0.4) is 0 Å². The Morgan fingerprint density at radius 3 is 3.05 bits per heavy atom. The highest BCUT2D eigenvalue weighted by atomic mass is 16.5. The number of benzene rings is 1. The van der Waals surface area contributed by atoms with Crippen LogP contribution >= 0.6 is 0 Å². The predicted molar refractivity (Wildman–Crippen MR) is 75.5 cm³/mol. The zero-order chi connectivity index (χ0) is 13.3. The standard InChI is InChI=1S/C16H23NO2/c1-16(2)9-12-5-3-6-13(15(12)19-16)10-17-11-14-7-4-8-18-14/h3,5-6,14,17H,4,7-11H2,1-2H3. The number of hydrogen-bond acceptors (Lipinski definition) is 3. The molecule has 1 atom stereocenters. The lowest BCUT2D eigenvalue weighted by molar-refractivity contribution is 0.109. The van der Waals surface area contributed by atoms with Gasteiger partial charge in [-0.15, -0.1) is 0 Å². The molecular formula is C16H23NO2. The summed E-state index contributed by atoms with van der Waals surface area (Å²) in [7, 11) is 0. The van der Waals surface area contributed by atoms with Crippen molar-refractivity contribution in [1.29, 1.82) is 0 Å². The molecule has 0 bridgehead atoms. The lowest BCUT2D eigenvalue weighted by Crippen LogP contribution is -2.27. The fraction of sp³-hybridized carbons (Fsp3) is 0.625. The van der Waals surface area contributed by atoms with Crippen LogP contribution in [0.25, 0.3) is 0 Å². The van der Waals surface area contributed by atoms with E-state index < -0.39 is 0 Å². The Labute approximate surface area is 115 Å². The molecule has 2 heterocycles. The van der Waals surface area contributed by atoms with Crippen LogP contribution in [-0.2, 0) is 17.7 Å². The third-order valence-electron chi connectivity index (χ3n) is 3.88. The quantitative estimate of drug-likeness (QED) is 0.904. The Kier molecular flexibility index (Phi) is 3.50. The van der Waals surface area contributed by atoms with E-state index >= 15 is 0 Å². The number of para-hydroxylation sites is 1. The van der Waals surface area contributed by atoms with E-state index in [9.17, 15) is 0 Å². The summed E-state index contributed by atoms with van der Waals surface area (Å²) in [5.41, 5.74) is 2.54. The Morgan fingerprint density at radius 1 is 1.37 bits per heavy atom. The van der Waals surface area contributed by atoms with Gasteiger partial charge in [0.25, 0.3) is 0 Å². The van der Waals surface area contributed by atoms with Crippen LogP contribution < -0.4 is 10.1 Å². The van der Waals surface area contributed by atoms with Crippen molar-refractivity contribution in [3.63, 3.8) is 0 Å². The first-order valence-electron chi connectivity index (χ1n) is 7.26. The highest BCUT2D eigenvalue weighted by Crippen LogP contribution is 2.37. The van der Waals surface area contributed by atoms with E-state index in [2.05, 4.69) is 37.4 Å². The lowest BCUT2D eigenvalue weighted by Gasteiger charge is -2.18. The van der Waals surface area contributed by atoms with Crippen LogP contribution in [-0.4, -0.2) is 24.9 Å². The molecule has 2 aliphatic rings. The molecule has 2 aliphatic heterocycles. The number of ether oxygens (including phenoxy) is 2. The van der Waals surface area contributed by atoms with Crippen LogP contribution in [0.5, 0.6) is 5.75 Å². The Balaban J connectivity index is 1.61. The summed E-state index contributed by atoms with van der Waals surface area (Å²) in [6.07, 6.45) is 3.78. The molecule has 3 nitrogen and oxygen atoms in total. The van der Waals surface area contributed by atoms with E-state index in [0.29, 0.717) is 6.10 Å². The molecule has 3 rings (SSSR count). The van der Waals surface area contributed by atoms with Gasteiger partial charge in [-0.2, -0.15) is 0 Å². The van der Waals surface area contributed by atoms with Crippen molar-refractivity contribution in [1.82, 2.24) is 5.32 Å². The molecule has 0 aromatic heterocycles. The summed E-state index contributed by atoms with van der Waals surface area (Å²) >= 11 is 0. The zero-order valence-electron chi connectivity index (χ0n) is 11.9. The number of hydrogen-bond donors (Lipinski definition) is 1. The fourth-order valence-corrected chi connectivity index (χ4v) is 2.99. The van der Waals surface area contributed by atoms with Crippen molar-refractivity contribution >= 4 is 0 Å². The molecule has 1 aromatic rings. The van der Waals surface area contributed by atoms with E-state index in [1.54, 1.807) is 0 Å². The molecule has 0 saturated carbocycles. The Hall–Kier alpha value is -1.06. The molecule has 1 unspecified atom stereocenters. The summed E-state index contributed by atoms with van der Waals surface area (Å²) < 4.78 is 11.7. The lowest BCUT2D eigenvalue weighted by atomic mass is 10.0. The SMILES string of the molecule is CC1(C)Cc2cccc(CNCC3CCCO3)c2O1. The molecule has 19 heavy (non-hydrogen) atoms. The van der Waals surface area contributed by atoms with Gasteiger partial charge in [0.2, 0.25) is 0 Å². The van der Waals surface area contributed by atoms with Gasteiger partial charge in [-0.05, 0) is 32.3 Å². The van der Waals surface area contributed by atoms with E-state index in [1.165, 1.54) is 24.0 Å². The van der Waals surface area contributed by atoms with Gasteiger partial charge in [0.1, 0.15) is 11.4 Å². The molecule has 0 radical (unpaired) electrons. The van der Waals surface area contributed by atoms with Gasteiger partial charge < -0.3 is 14.8 Å². The molecule has 0 amide bonds. The van der Waals surface area contributed by atoms with Crippen LogP contribution in [0.1, 0.15) is 37.8 Å². The van der Waals surface area contributed by atoms with Gasteiger partial charge in [-0.25, -0.2) is 0 Å². The molecule has 1 fully saturated rings. The van der Waals surface area contributed by atoms with Crippen molar-refractivity contribution in [2.75, 3.05) is 13.2 Å². The average Bonchev–Trinajstić information content (AvgIpc) is 2.95. The van der Waals surface area contributed by atoms with Crippen molar-refractivity contribution in [2.24, 2.45) is 0 Å². The minimum absolute atomic E-state index is 0.0625. The molecule has 0 spiro atoms. The second kappa shape index (κ2) is 5.14.